The molecule has 0 aliphatic carbocycles. The van der Waals surface area contributed by atoms with Gasteiger partial charge in [0.1, 0.15) is 0 Å². The predicted molar refractivity (Wildman–Crippen MR) is 274 cm³/mol. The third kappa shape index (κ3) is 13.8. The molecule has 12 rings (SSSR count). The van der Waals surface area contributed by atoms with Gasteiger partial charge in [-0.25, -0.2) is 0 Å². The zero-order valence-electron chi connectivity index (χ0n) is 38.9. The summed E-state index contributed by atoms with van der Waals surface area (Å²) in [7, 11) is 0. The van der Waals surface area contributed by atoms with Gasteiger partial charge in [0.05, 0.1) is 0 Å². The van der Waals surface area contributed by atoms with Gasteiger partial charge in [-0.2, -0.15) is 0 Å². The Kier molecular flexibility index (Phi) is 24.3. The van der Waals surface area contributed by atoms with Gasteiger partial charge >= 0.3 is 384 Å². The van der Waals surface area contributed by atoms with Gasteiger partial charge in [0.15, 0.2) is 0 Å². The molecule has 2 fully saturated rings. The molecule has 8 atom stereocenters. The maximum atomic E-state index is 7.50. The number of rotatable bonds is 4. The summed E-state index contributed by atoms with van der Waals surface area (Å²) in [5, 5.41) is 11.2. The summed E-state index contributed by atoms with van der Waals surface area (Å²) in [6.45, 7) is 22.0. The van der Waals surface area contributed by atoms with E-state index in [1.807, 2.05) is 48.5 Å². The largest absolute Gasteiger partial charge is 0 e. The van der Waals surface area contributed by atoms with Crippen molar-refractivity contribution in [1.82, 2.24) is 17.7 Å². The molecule has 1 radical (unpaired) electrons. The van der Waals surface area contributed by atoms with Crippen molar-refractivity contribution in [1.29, 1.82) is 0 Å². The number of fused-ring (bicyclic) bond motifs is 4. The van der Waals surface area contributed by atoms with Gasteiger partial charge in [-0.05, 0) is 25.7 Å². The van der Waals surface area contributed by atoms with Crippen molar-refractivity contribution in [2.24, 2.45) is 0 Å². The average molecular weight is 1100 g/mol. The molecule has 2 saturated heterocycles. The average Bonchev–Trinajstić information content (AvgIpc) is 4.29. The zero-order valence-corrected chi connectivity index (χ0v) is 44.1. The predicted octanol–water partition coefficient (Wildman–Crippen LogP) is 11.6. The number of hydrogen-bond acceptors (Lipinski definition) is 4. The monoisotopic (exact) mass is 1100 g/mol. The molecule has 72 heavy (non-hydrogen) atoms. The SMILES string of the molecule is C1CCOC1.C1CCOC1.Clc1ccc(C2c3ccc4[n]3[Al+][n]3c(ccc3C(c3ccc(Cl)cc3)C3C=CC(N3)C4c3ccc(Cl)cc3)C(c3ccc(Cl)cc3)C3C=CC2N3)cc1.[C-]#[O+].[C-]#[O+].[C-]#[O+].[C-]#[O+].[Co]. The minimum absolute atomic E-state index is 0. The summed E-state index contributed by atoms with van der Waals surface area (Å²) in [5.74, 6) is 0.174. The fourth-order valence-electron chi connectivity index (χ4n) is 10.3. The molecular formula is C56H50AlCl4CoN4O6+. The molecule has 0 amide bonds. The third-order valence-electron chi connectivity index (χ3n) is 13.3. The second kappa shape index (κ2) is 29.7. The number of halogens is 4. The Balaban J connectivity index is 0.000000439. The number of hydrogen-bond donors (Lipinski definition) is 2. The second-order valence-electron chi connectivity index (χ2n) is 17.2. The van der Waals surface area contributed by atoms with Gasteiger partial charge in [0.25, 0.3) is 0 Å². The van der Waals surface area contributed by atoms with Crippen LogP contribution in [0.3, 0.4) is 0 Å². The molecule has 6 aromatic rings. The summed E-state index contributed by atoms with van der Waals surface area (Å²) in [6.07, 6.45) is 14.7. The first kappa shape index (κ1) is 58.8. The van der Waals surface area contributed by atoms with Crippen LogP contribution in [0.5, 0.6) is 0 Å². The summed E-state index contributed by atoms with van der Waals surface area (Å²) < 4.78 is 45.2. The van der Waals surface area contributed by atoms with E-state index in [4.69, 9.17) is 74.5 Å². The number of ether oxygens (including phenoxy) is 2. The standard InChI is InChI=1S/C44H34Cl4N4.2C4H8O.4CO.Al.Co/c45-29-9-1-25(2-10-29)41-33-17-19-35(49-33)42(26-3-11-30(46)12-4-26)37-21-23-39(51-37)44(28-7-15-32(48)16-8-28)40-24-22-38(52-40)43(36-20-18-34(41)50-36)27-5-13-31(47)14-6-27;2*1-2-4-5-3-1;4*1-2;;/h1-24,33,35,38,40-44,49,52H;2*1-4H2;;;;;;/q-2;;;;;;;+3;. The normalized spacial score (nSPS) is 23.0. The molecule has 369 valence electrons. The quantitative estimate of drug-likeness (QED) is 0.0787. The van der Waals surface area contributed by atoms with Crippen molar-refractivity contribution in [3.05, 3.63) is 237 Å². The van der Waals surface area contributed by atoms with E-state index in [1.54, 1.807) is 0 Å². The fraction of sp³-hybridized carbons (Fsp3) is 0.286. The maximum absolute atomic E-state index is 7.50. The van der Waals surface area contributed by atoms with Crippen molar-refractivity contribution >= 4 is 62.1 Å². The Bertz CT molecular complexity index is 2390. The molecule has 8 unspecified atom stereocenters. The van der Waals surface area contributed by atoms with E-state index in [2.05, 4.69) is 141 Å². The second-order valence-corrected chi connectivity index (χ2v) is 20.2. The first-order valence-electron chi connectivity index (χ1n) is 23.0. The van der Waals surface area contributed by atoms with Crippen molar-refractivity contribution in [2.45, 2.75) is 73.5 Å². The summed E-state index contributed by atoms with van der Waals surface area (Å²) in [4.78, 5) is 0. The van der Waals surface area contributed by atoms with E-state index in [-0.39, 0.29) is 64.6 Å². The molecule has 4 aromatic carbocycles. The fourth-order valence-corrected chi connectivity index (χ4v) is 12.5. The molecule has 6 aliphatic rings. The Morgan fingerprint density at radius 2 is 0.583 bits per heavy atom. The van der Waals surface area contributed by atoms with Crippen LogP contribution in [0.25, 0.3) is 0 Å². The van der Waals surface area contributed by atoms with Crippen LogP contribution in [0.15, 0.2) is 146 Å². The molecule has 2 N–H and O–H groups in total. The molecular weight excluding hydrogens is 1050 g/mol. The van der Waals surface area contributed by atoms with E-state index in [1.165, 1.54) is 70.7 Å². The van der Waals surface area contributed by atoms with Gasteiger partial charge in [-0.15, -0.1) is 0 Å². The molecule has 2 aromatic heterocycles. The van der Waals surface area contributed by atoms with Gasteiger partial charge in [-0.1, -0.05) is 0 Å². The van der Waals surface area contributed by atoms with Gasteiger partial charge in [0.2, 0.25) is 0 Å². The molecule has 8 heterocycles. The van der Waals surface area contributed by atoms with Crippen LogP contribution in [-0.4, -0.2) is 73.4 Å². The maximum Gasteiger partial charge on any atom is 0 e. The van der Waals surface area contributed by atoms with Crippen LogP contribution in [0.1, 0.15) is 94.4 Å². The van der Waals surface area contributed by atoms with Crippen LogP contribution in [0, 0.1) is 26.6 Å². The Hall–Kier alpha value is -4.08. The summed E-state index contributed by atoms with van der Waals surface area (Å²) in [6, 6.07) is 43.5. The van der Waals surface area contributed by atoms with E-state index in [0.717, 1.165) is 46.5 Å². The number of aromatic nitrogens is 2. The Morgan fingerprint density at radius 3 is 0.764 bits per heavy atom. The van der Waals surface area contributed by atoms with E-state index >= 15 is 0 Å². The Morgan fingerprint density at radius 1 is 0.375 bits per heavy atom. The van der Waals surface area contributed by atoms with Gasteiger partial charge in [-0.3, -0.25) is 0 Å². The number of nitrogens with one attached hydrogen (secondary N) is 2. The van der Waals surface area contributed by atoms with Crippen molar-refractivity contribution in [2.75, 3.05) is 26.4 Å². The van der Waals surface area contributed by atoms with Crippen LogP contribution in [0.4, 0.5) is 0 Å². The van der Waals surface area contributed by atoms with Crippen molar-refractivity contribution in [3.63, 3.8) is 0 Å². The first-order chi connectivity index (χ1) is 34.9. The summed E-state index contributed by atoms with van der Waals surface area (Å²) in [5.41, 5.74) is 10.1. The number of benzene rings is 4. The Labute approximate surface area is 458 Å². The first-order valence-corrected chi connectivity index (χ1v) is 25.6. The van der Waals surface area contributed by atoms with E-state index in [0.29, 0.717) is 0 Å². The molecule has 0 saturated carbocycles. The van der Waals surface area contributed by atoms with Gasteiger partial charge in [0, 0.05) is 43.2 Å². The summed E-state index contributed by atoms with van der Waals surface area (Å²) >= 11 is 25.5. The molecule has 6 bridgehead atoms. The van der Waals surface area contributed by atoms with E-state index in [9.17, 15) is 0 Å². The van der Waals surface area contributed by atoms with Crippen LogP contribution < -0.4 is 10.6 Å². The zero-order chi connectivity index (χ0) is 50.9. The minimum atomic E-state index is -0.493. The van der Waals surface area contributed by atoms with Crippen molar-refractivity contribution < 1.29 is 44.9 Å². The van der Waals surface area contributed by atoms with Crippen LogP contribution >= 0.6 is 46.4 Å². The van der Waals surface area contributed by atoms with Crippen molar-refractivity contribution in [3.8, 4) is 0 Å². The minimum Gasteiger partial charge on any atom is 0 e. The topological polar surface area (TPSA) is 132 Å². The van der Waals surface area contributed by atoms with Crippen LogP contribution in [0.2, 0.25) is 20.1 Å². The van der Waals surface area contributed by atoms with Gasteiger partial charge < -0.3 is 9.47 Å². The van der Waals surface area contributed by atoms with Crippen LogP contribution in [-0.2, 0) is 44.9 Å². The molecule has 6 aliphatic heterocycles. The molecule has 0 spiro atoms. The molecule has 16 heteroatoms. The van der Waals surface area contributed by atoms with E-state index < -0.39 is 15.7 Å². The number of nitrogens with zero attached hydrogens (tertiary/aromatic N) is 2. The molecule has 10 nitrogen and oxygen atoms in total. The smallest absolute Gasteiger partial charge is 0 e. The third-order valence-corrected chi connectivity index (χ3v) is 16.0.